The van der Waals surface area contributed by atoms with Crippen molar-refractivity contribution in [1.29, 1.82) is 0 Å². The first-order valence-electron chi connectivity index (χ1n) is 7.74. The molecule has 1 atom stereocenters. The lowest BCUT2D eigenvalue weighted by molar-refractivity contribution is 0.0252. The van der Waals surface area contributed by atoms with Crippen LogP contribution in [0.25, 0.3) is 0 Å². The van der Waals surface area contributed by atoms with Gasteiger partial charge < -0.3 is 19.5 Å². The summed E-state index contributed by atoms with van der Waals surface area (Å²) in [4.78, 5) is 0. The molecule has 0 saturated heterocycles. The van der Waals surface area contributed by atoms with Crippen LogP contribution in [0.2, 0.25) is 0 Å². The topological polar surface area (TPSA) is 39.7 Å². The lowest BCUT2D eigenvalue weighted by Crippen LogP contribution is -2.30. The van der Waals surface area contributed by atoms with E-state index in [0.717, 1.165) is 26.0 Å². The van der Waals surface area contributed by atoms with Crippen LogP contribution in [0.1, 0.15) is 18.9 Å². The second-order valence-electron chi connectivity index (χ2n) is 5.10. The van der Waals surface area contributed by atoms with Crippen LogP contribution in [0, 0.1) is 0 Å². The van der Waals surface area contributed by atoms with Crippen LogP contribution in [0.5, 0.6) is 0 Å². The van der Waals surface area contributed by atoms with Gasteiger partial charge in [-0.1, -0.05) is 30.3 Å². The van der Waals surface area contributed by atoms with Gasteiger partial charge in [0, 0.05) is 19.7 Å². The number of hydrogen-bond acceptors (Lipinski definition) is 4. The van der Waals surface area contributed by atoms with E-state index in [-0.39, 0.29) is 0 Å². The minimum Gasteiger partial charge on any atom is -0.382 e. The zero-order valence-electron chi connectivity index (χ0n) is 13.3. The fraction of sp³-hybridized carbons (Fsp3) is 0.647. The summed E-state index contributed by atoms with van der Waals surface area (Å²) in [7, 11) is 1.67. The highest BCUT2D eigenvalue weighted by Crippen LogP contribution is 2.04. The van der Waals surface area contributed by atoms with Crippen molar-refractivity contribution in [3.8, 4) is 0 Å². The molecular weight excluding hydrogens is 266 g/mol. The lowest BCUT2D eigenvalue weighted by Gasteiger charge is -2.14. The summed E-state index contributed by atoms with van der Waals surface area (Å²) in [6.45, 7) is 6.37. The summed E-state index contributed by atoms with van der Waals surface area (Å²) in [5, 5.41) is 3.48. The Morgan fingerprint density at radius 1 is 0.952 bits per heavy atom. The number of hydrogen-bond donors (Lipinski definition) is 1. The maximum atomic E-state index is 5.50. The predicted octanol–water partition coefficient (Wildman–Crippen LogP) is 2.28. The smallest absolute Gasteiger partial charge is 0.0701 e. The molecule has 0 aliphatic heterocycles. The molecule has 1 rings (SSSR count). The minimum absolute atomic E-state index is 0.506. The Morgan fingerprint density at radius 2 is 1.62 bits per heavy atom. The normalized spacial score (nSPS) is 12.5. The Kier molecular flexibility index (Phi) is 11.0. The lowest BCUT2D eigenvalue weighted by atomic mass is 10.1. The Balaban J connectivity index is 1.88. The zero-order chi connectivity index (χ0) is 15.2. The molecule has 0 saturated carbocycles. The van der Waals surface area contributed by atoms with Crippen molar-refractivity contribution in [1.82, 2.24) is 5.32 Å². The maximum absolute atomic E-state index is 5.50. The van der Waals surface area contributed by atoms with Crippen LogP contribution in [0.15, 0.2) is 30.3 Å². The molecule has 0 aliphatic rings. The Labute approximate surface area is 128 Å². The number of rotatable bonds is 13. The molecule has 0 aromatic heterocycles. The molecule has 0 aliphatic carbocycles. The van der Waals surface area contributed by atoms with Crippen LogP contribution in [-0.4, -0.2) is 52.7 Å². The highest BCUT2D eigenvalue weighted by Gasteiger charge is 2.01. The summed E-state index contributed by atoms with van der Waals surface area (Å²) in [5.74, 6) is 0. The fourth-order valence-corrected chi connectivity index (χ4v) is 1.97. The van der Waals surface area contributed by atoms with E-state index in [1.165, 1.54) is 5.56 Å². The van der Waals surface area contributed by atoms with Crippen molar-refractivity contribution in [2.45, 2.75) is 25.8 Å². The number of aryl methyl sites for hydroxylation is 1. The van der Waals surface area contributed by atoms with Crippen LogP contribution in [0.4, 0.5) is 0 Å². The molecule has 0 fully saturated rings. The highest BCUT2D eigenvalue weighted by molar-refractivity contribution is 5.14. The van der Waals surface area contributed by atoms with Gasteiger partial charge in [-0.15, -0.1) is 0 Å². The molecule has 1 unspecified atom stereocenters. The predicted molar refractivity (Wildman–Crippen MR) is 85.7 cm³/mol. The van der Waals surface area contributed by atoms with Gasteiger partial charge in [0.15, 0.2) is 0 Å². The van der Waals surface area contributed by atoms with Gasteiger partial charge >= 0.3 is 0 Å². The van der Waals surface area contributed by atoms with Crippen LogP contribution >= 0.6 is 0 Å². The number of nitrogens with one attached hydrogen (secondary N) is 1. The second kappa shape index (κ2) is 12.8. The average Bonchev–Trinajstić information content (AvgIpc) is 2.52. The third-order valence-corrected chi connectivity index (χ3v) is 3.25. The maximum Gasteiger partial charge on any atom is 0.0701 e. The van der Waals surface area contributed by atoms with Gasteiger partial charge in [-0.05, 0) is 25.3 Å². The van der Waals surface area contributed by atoms with E-state index in [0.29, 0.717) is 32.5 Å². The molecule has 0 heterocycles. The summed E-state index contributed by atoms with van der Waals surface area (Å²) in [5.41, 5.74) is 1.40. The van der Waals surface area contributed by atoms with E-state index in [9.17, 15) is 0 Å². The van der Waals surface area contributed by atoms with E-state index in [2.05, 4.69) is 42.6 Å². The van der Waals surface area contributed by atoms with Crippen molar-refractivity contribution in [2.24, 2.45) is 0 Å². The van der Waals surface area contributed by atoms with E-state index < -0.39 is 0 Å². The average molecular weight is 295 g/mol. The number of ether oxygens (including phenoxy) is 3. The zero-order valence-corrected chi connectivity index (χ0v) is 13.3. The number of benzene rings is 1. The third-order valence-electron chi connectivity index (χ3n) is 3.25. The molecule has 1 aromatic carbocycles. The van der Waals surface area contributed by atoms with Gasteiger partial charge in [0.2, 0.25) is 0 Å². The Hall–Kier alpha value is -0.940. The first kappa shape index (κ1) is 18.1. The van der Waals surface area contributed by atoms with E-state index >= 15 is 0 Å². The summed E-state index contributed by atoms with van der Waals surface area (Å²) < 4.78 is 15.7. The van der Waals surface area contributed by atoms with E-state index in [1.54, 1.807) is 7.11 Å². The van der Waals surface area contributed by atoms with Gasteiger partial charge in [-0.3, -0.25) is 0 Å². The molecule has 21 heavy (non-hydrogen) atoms. The molecule has 1 N–H and O–H groups in total. The van der Waals surface area contributed by atoms with Crippen LogP contribution in [0.3, 0.4) is 0 Å². The van der Waals surface area contributed by atoms with Crippen molar-refractivity contribution in [3.63, 3.8) is 0 Å². The number of methoxy groups -OCH3 is 1. The molecule has 0 spiro atoms. The first-order valence-corrected chi connectivity index (χ1v) is 7.74. The van der Waals surface area contributed by atoms with E-state index in [1.807, 2.05) is 0 Å². The fourth-order valence-electron chi connectivity index (χ4n) is 1.97. The van der Waals surface area contributed by atoms with Crippen molar-refractivity contribution < 1.29 is 14.2 Å². The van der Waals surface area contributed by atoms with Crippen molar-refractivity contribution in [3.05, 3.63) is 35.9 Å². The first-order chi connectivity index (χ1) is 10.3. The largest absolute Gasteiger partial charge is 0.382 e. The molecule has 0 radical (unpaired) electrons. The molecule has 1 aromatic rings. The second-order valence-corrected chi connectivity index (χ2v) is 5.10. The molecular formula is C17H29NO3. The van der Waals surface area contributed by atoms with Gasteiger partial charge in [-0.2, -0.15) is 0 Å². The Bertz CT molecular complexity index is 332. The highest BCUT2D eigenvalue weighted by atomic mass is 16.5. The third kappa shape index (κ3) is 10.4. The van der Waals surface area contributed by atoms with Crippen LogP contribution < -0.4 is 5.32 Å². The SMILES string of the molecule is COCCOCCOCCNC(C)CCc1ccccc1. The van der Waals surface area contributed by atoms with Gasteiger partial charge in [0.1, 0.15) is 0 Å². The Morgan fingerprint density at radius 3 is 2.33 bits per heavy atom. The van der Waals surface area contributed by atoms with Crippen LogP contribution in [-0.2, 0) is 20.6 Å². The standard InChI is InChI=1S/C17H29NO3/c1-16(8-9-17-6-4-3-5-7-17)18-10-11-20-14-15-21-13-12-19-2/h3-7,16,18H,8-15H2,1-2H3. The van der Waals surface area contributed by atoms with Gasteiger partial charge in [0.05, 0.1) is 33.0 Å². The quantitative estimate of drug-likeness (QED) is 0.567. The van der Waals surface area contributed by atoms with Crippen molar-refractivity contribution in [2.75, 3.05) is 46.7 Å². The van der Waals surface area contributed by atoms with Gasteiger partial charge in [-0.25, -0.2) is 0 Å². The molecule has 4 heteroatoms. The molecule has 0 amide bonds. The monoisotopic (exact) mass is 295 g/mol. The summed E-state index contributed by atoms with van der Waals surface area (Å²) in [6.07, 6.45) is 2.26. The molecule has 0 bridgehead atoms. The van der Waals surface area contributed by atoms with E-state index in [4.69, 9.17) is 14.2 Å². The van der Waals surface area contributed by atoms with Crippen molar-refractivity contribution >= 4 is 0 Å². The summed E-state index contributed by atoms with van der Waals surface area (Å²) >= 11 is 0. The minimum atomic E-state index is 0.506. The summed E-state index contributed by atoms with van der Waals surface area (Å²) in [6, 6.07) is 11.1. The molecule has 4 nitrogen and oxygen atoms in total. The van der Waals surface area contributed by atoms with Gasteiger partial charge in [0.25, 0.3) is 0 Å². The molecule has 120 valence electrons.